The van der Waals surface area contributed by atoms with Gasteiger partial charge in [0.2, 0.25) is 0 Å². The highest BCUT2D eigenvalue weighted by molar-refractivity contribution is 6.61. The number of rotatable bonds is 3. The fourth-order valence-electron chi connectivity index (χ4n) is 2.49. The number of carbonyl (C=O) groups is 1. The molecule has 1 amide bonds. The van der Waals surface area contributed by atoms with Gasteiger partial charge in [0, 0.05) is 12.7 Å². The summed E-state index contributed by atoms with van der Waals surface area (Å²) in [6.45, 7) is -0.158. The van der Waals surface area contributed by atoms with E-state index < -0.39 is 30.3 Å². The normalized spacial score (nSPS) is 13.7. The highest BCUT2D eigenvalue weighted by Gasteiger charge is 2.39. The van der Waals surface area contributed by atoms with Gasteiger partial charge in [-0.05, 0) is 34.8 Å². The molecule has 2 N–H and O–H groups in total. The number of benzene rings is 1. The smallest absolute Gasteiger partial charge is 0.423 e. The molecule has 2 aromatic rings. The molecular formula is C15H11BClF3N2O3. The molecule has 5 nitrogen and oxygen atoms in total. The van der Waals surface area contributed by atoms with Crippen LogP contribution in [0.2, 0.25) is 5.15 Å². The minimum atomic E-state index is -4.71. The lowest BCUT2D eigenvalue weighted by molar-refractivity contribution is -0.138. The second kappa shape index (κ2) is 6.66. The van der Waals surface area contributed by atoms with Crippen LogP contribution in [0.3, 0.4) is 0 Å². The molecule has 1 aliphatic rings. The van der Waals surface area contributed by atoms with Gasteiger partial charge in [0.05, 0.1) is 17.7 Å². The van der Waals surface area contributed by atoms with Crippen molar-refractivity contribution in [2.45, 2.75) is 19.3 Å². The average molecular weight is 371 g/mol. The van der Waals surface area contributed by atoms with Crippen LogP contribution in [0.5, 0.6) is 0 Å². The number of alkyl halides is 3. The van der Waals surface area contributed by atoms with Crippen molar-refractivity contribution in [3.63, 3.8) is 0 Å². The van der Waals surface area contributed by atoms with E-state index in [1.54, 1.807) is 6.07 Å². The van der Waals surface area contributed by atoms with Gasteiger partial charge in [-0.25, -0.2) is 4.98 Å². The molecule has 0 saturated carbocycles. The van der Waals surface area contributed by atoms with E-state index in [9.17, 15) is 23.0 Å². The highest BCUT2D eigenvalue weighted by Crippen LogP contribution is 2.33. The lowest BCUT2D eigenvalue weighted by Gasteiger charge is -2.15. The largest absolute Gasteiger partial charge is 0.491 e. The topological polar surface area (TPSA) is 71.5 Å². The van der Waals surface area contributed by atoms with Crippen molar-refractivity contribution in [1.82, 2.24) is 10.3 Å². The summed E-state index contributed by atoms with van der Waals surface area (Å²) in [6.07, 6.45) is -3.30. The van der Waals surface area contributed by atoms with Crippen molar-refractivity contribution in [2.24, 2.45) is 0 Å². The highest BCUT2D eigenvalue weighted by atomic mass is 35.5. The standard InChI is InChI=1S/C15H11BClF3N2O3/c17-13-2-1-8(5-21-13)6-22-14(23)10-4-12-9(7-25-16(12)24)3-11(10)15(18,19)20/h1-5,24H,6-7H2,(H,22,23). The summed E-state index contributed by atoms with van der Waals surface area (Å²) in [7, 11) is -1.34. The third-order valence-electron chi connectivity index (χ3n) is 3.73. The molecule has 2 heterocycles. The van der Waals surface area contributed by atoms with Crippen molar-refractivity contribution in [1.29, 1.82) is 0 Å². The van der Waals surface area contributed by atoms with Gasteiger partial charge in [0.15, 0.2) is 0 Å². The summed E-state index contributed by atoms with van der Waals surface area (Å²) in [6, 6.07) is 4.96. The number of fused-ring (bicyclic) bond motifs is 1. The fourth-order valence-corrected chi connectivity index (χ4v) is 2.60. The first-order valence-corrected chi connectivity index (χ1v) is 7.56. The number of hydrogen-bond acceptors (Lipinski definition) is 4. The lowest BCUT2D eigenvalue weighted by Crippen LogP contribution is -2.32. The third-order valence-corrected chi connectivity index (χ3v) is 3.96. The van der Waals surface area contributed by atoms with E-state index in [0.717, 1.165) is 12.1 Å². The maximum absolute atomic E-state index is 13.3. The van der Waals surface area contributed by atoms with Gasteiger partial charge in [0.25, 0.3) is 5.91 Å². The Labute approximate surface area is 145 Å². The van der Waals surface area contributed by atoms with Crippen molar-refractivity contribution >= 4 is 30.1 Å². The van der Waals surface area contributed by atoms with Crippen molar-refractivity contribution in [2.75, 3.05) is 0 Å². The monoisotopic (exact) mass is 370 g/mol. The molecule has 0 spiro atoms. The summed E-state index contributed by atoms with van der Waals surface area (Å²) >= 11 is 5.65. The van der Waals surface area contributed by atoms with E-state index in [2.05, 4.69) is 10.3 Å². The minimum Gasteiger partial charge on any atom is -0.423 e. The van der Waals surface area contributed by atoms with Gasteiger partial charge in [-0.2, -0.15) is 13.2 Å². The zero-order valence-corrected chi connectivity index (χ0v) is 13.4. The average Bonchev–Trinajstić information content (AvgIpc) is 2.93. The Balaban J connectivity index is 1.88. The molecule has 3 rings (SSSR count). The molecule has 10 heteroatoms. The number of hydrogen-bond donors (Lipinski definition) is 2. The Bertz CT molecular complexity index is 815. The van der Waals surface area contributed by atoms with E-state index in [-0.39, 0.29) is 29.3 Å². The summed E-state index contributed by atoms with van der Waals surface area (Å²) in [5, 5.41) is 12.3. The number of carbonyl (C=O) groups excluding carboxylic acids is 1. The Morgan fingerprint density at radius 1 is 1.40 bits per heavy atom. The van der Waals surface area contributed by atoms with E-state index in [4.69, 9.17) is 16.3 Å². The quantitative estimate of drug-likeness (QED) is 0.639. The predicted octanol–water partition coefficient (Wildman–Crippen LogP) is 1.90. The summed E-state index contributed by atoms with van der Waals surface area (Å²) in [5.41, 5.74) is -0.700. The van der Waals surface area contributed by atoms with E-state index in [1.165, 1.54) is 12.3 Å². The molecule has 0 unspecified atom stereocenters. The molecule has 0 aliphatic carbocycles. The minimum absolute atomic E-state index is 0.0174. The lowest BCUT2D eigenvalue weighted by atomic mass is 9.77. The molecule has 130 valence electrons. The Morgan fingerprint density at radius 3 is 2.80 bits per heavy atom. The predicted molar refractivity (Wildman–Crippen MR) is 84.3 cm³/mol. The number of aromatic nitrogens is 1. The van der Waals surface area contributed by atoms with Crippen LogP contribution in [0.25, 0.3) is 0 Å². The van der Waals surface area contributed by atoms with Crippen LogP contribution in [0, 0.1) is 0 Å². The molecular weight excluding hydrogens is 359 g/mol. The van der Waals surface area contributed by atoms with Gasteiger partial charge in [-0.1, -0.05) is 17.7 Å². The molecule has 1 aromatic heterocycles. The van der Waals surface area contributed by atoms with E-state index >= 15 is 0 Å². The van der Waals surface area contributed by atoms with Gasteiger partial charge in [-0.3, -0.25) is 4.79 Å². The molecule has 0 atom stereocenters. The maximum atomic E-state index is 13.3. The molecule has 0 saturated heterocycles. The van der Waals surface area contributed by atoms with Gasteiger partial charge >= 0.3 is 13.3 Å². The summed E-state index contributed by atoms with van der Waals surface area (Å²) < 4.78 is 44.7. The van der Waals surface area contributed by atoms with Gasteiger partial charge in [0.1, 0.15) is 5.15 Å². The molecule has 25 heavy (non-hydrogen) atoms. The van der Waals surface area contributed by atoms with Crippen molar-refractivity contribution in [3.8, 4) is 0 Å². The van der Waals surface area contributed by atoms with Crippen LogP contribution in [0.15, 0.2) is 30.5 Å². The number of halogens is 4. The second-order valence-electron chi connectivity index (χ2n) is 5.43. The zero-order chi connectivity index (χ0) is 18.2. The van der Waals surface area contributed by atoms with Crippen LogP contribution in [0.1, 0.15) is 27.0 Å². The SMILES string of the molecule is O=C(NCc1ccc(Cl)nc1)c1cc2c(cc1C(F)(F)F)COB2O. The Morgan fingerprint density at radius 2 is 2.16 bits per heavy atom. The Kier molecular flexibility index (Phi) is 4.72. The first kappa shape index (κ1) is 17.7. The first-order chi connectivity index (χ1) is 11.8. The maximum Gasteiger partial charge on any atom is 0.491 e. The third kappa shape index (κ3) is 3.78. The van der Waals surface area contributed by atoms with Gasteiger partial charge in [-0.15, -0.1) is 0 Å². The van der Waals surface area contributed by atoms with Crippen LogP contribution in [-0.2, 0) is 24.0 Å². The second-order valence-corrected chi connectivity index (χ2v) is 5.82. The molecule has 0 fully saturated rings. The number of nitrogens with one attached hydrogen (secondary N) is 1. The first-order valence-electron chi connectivity index (χ1n) is 7.18. The van der Waals surface area contributed by atoms with Crippen molar-refractivity contribution < 1.29 is 27.6 Å². The summed E-state index contributed by atoms with van der Waals surface area (Å²) in [5.74, 6) is -0.913. The molecule has 0 bridgehead atoms. The van der Waals surface area contributed by atoms with Gasteiger partial charge < -0.3 is 15.0 Å². The fraction of sp³-hybridized carbons (Fsp3) is 0.200. The molecule has 0 radical (unpaired) electrons. The van der Waals surface area contributed by atoms with Crippen LogP contribution in [-0.4, -0.2) is 23.0 Å². The van der Waals surface area contributed by atoms with Crippen LogP contribution >= 0.6 is 11.6 Å². The van der Waals surface area contributed by atoms with E-state index in [1.807, 2.05) is 0 Å². The molecule has 1 aliphatic heterocycles. The van der Waals surface area contributed by atoms with Crippen LogP contribution in [0.4, 0.5) is 13.2 Å². The molecule has 1 aromatic carbocycles. The van der Waals surface area contributed by atoms with Crippen LogP contribution < -0.4 is 10.8 Å². The number of nitrogens with zero attached hydrogens (tertiary/aromatic N) is 1. The zero-order valence-electron chi connectivity index (χ0n) is 12.6. The van der Waals surface area contributed by atoms with Crippen molar-refractivity contribution in [3.05, 3.63) is 57.9 Å². The Hall–Kier alpha value is -2.10. The van der Waals surface area contributed by atoms with E-state index in [0.29, 0.717) is 5.56 Å². The number of amides is 1. The number of pyridine rings is 1. The summed E-state index contributed by atoms with van der Waals surface area (Å²) in [4.78, 5) is 16.1.